The summed E-state index contributed by atoms with van der Waals surface area (Å²) < 4.78 is 9.17. The van der Waals surface area contributed by atoms with Gasteiger partial charge in [-0.2, -0.15) is 0 Å². The standard InChI is InChI=1S/C51H32N2OS/c1-3-12-34(13-4-1)42-26-23-38(31-47(42)53(40-15-5-2-6-16-40)41-25-27-44-43-17-9-10-18-48(43)55-49(44)32-41)37-21-20-35-24-28-46-50(45(35)30-37)54-51(52-46)39-22-19-33-11-7-8-14-36(33)29-39/h1-32H. The molecule has 0 aliphatic heterocycles. The van der Waals surface area contributed by atoms with Crippen LogP contribution in [0.5, 0.6) is 0 Å². The molecular formula is C51H32N2OS. The van der Waals surface area contributed by atoms with Crippen LogP contribution in [0.4, 0.5) is 17.1 Å². The Morgan fingerprint density at radius 1 is 0.418 bits per heavy atom. The zero-order chi connectivity index (χ0) is 36.3. The molecule has 0 radical (unpaired) electrons. The molecule has 9 aromatic carbocycles. The Labute approximate surface area is 322 Å². The highest BCUT2D eigenvalue weighted by Crippen LogP contribution is 2.45. The lowest BCUT2D eigenvalue weighted by Crippen LogP contribution is -2.11. The molecule has 11 aromatic rings. The quantitative estimate of drug-likeness (QED) is 0.171. The lowest BCUT2D eigenvalue weighted by atomic mass is 9.95. The van der Waals surface area contributed by atoms with Gasteiger partial charge < -0.3 is 9.32 Å². The Hall–Kier alpha value is -7.01. The van der Waals surface area contributed by atoms with Crippen molar-refractivity contribution in [1.82, 2.24) is 4.98 Å². The number of nitrogens with zero attached hydrogens (tertiary/aromatic N) is 2. The molecule has 0 bridgehead atoms. The average molecular weight is 721 g/mol. The van der Waals surface area contributed by atoms with Crippen LogP contribution in [0.3, 0.4) is 0 Å². The second kappa shape index (κ2) is 12.8. The van der Waals surface area contributed by atoms with Gasteiger partial charge >= 0.3 is 0 Å². The van der Waals surface area contributed by atoms with E-state index in [1.54, 1.807) is 0 Å². The molecule has 0 atom stereocenters. The summed E-state index contributed by atoms with van der Waals surface area (Å²) >= 11 is 1.85. The number of rotatable bonds is 6. The van der Waals surface area contributed by atoms with Gasteiger partial charge in [0.1, 0.15) is 5.52 Å². The Bertz CT molecular complexity index is 3220. The van der Waals surface area contributed by atoms with E-state index in [-0.39, 0.29) is 0 Å². The molecule has 2 heterocycles. The maximum absolute atomic E-state index is 6.60. The number of fused-ring (bicyclic) bond motifs is 7. The van der Waals surface area contributed by atoms with Gasteiger partial charge in [0, 0.05) is 48.1 Å². The van der Waals surface area contributed by atoms with E-state index >= 15 is 0 Å². The van der Waals surface area contributed by atoms with Crippen molar-refractivity contribution in [3.05, 3.63) is 194 Å². The van der Waals surface area contributed by atoms with E-state index < -0.39 is 0 Å². The normalized spacial score (nSPS) is 11.6. The predicted molar refractivity (Wildman–Crippen MR) is 233 cm³/mol. The molecule has 0 saturated carbocycles. The van der Waals surface area contributed by atoms with Gasteiger partial charge in [0.2, 0.25) is 5.89 Å². The third kappa shape index (κ3) is 5.46. The second-order valence-corrected chi connectivity index (χ2v) is 15.1. The number of oxazole rings is 1. The monoisotopic (exact) mass is 720 g/mol. The van der Waals surface area contributed by atoms with Crippen LogP contribution in [0.15, 0.2) is 199 Å². The lowest BCUT2D eigenvalue weighted by molar-refractivity contribution is 0.623. The highest BCUT2D eigenvalue weighted by Gasteiger charge is 2.20. The van der Waals surface area contributed by atoms with E-state index in [2.05, 4.69) is 199 Å². The van der Waals surface area contributed by atoms with E-state index in [0.717, 1.165) is 72.1 Å². The smallest absolute Gasteiger partial charge is 0.227 e. The first-order valence-corrected chi connectivity index (χ1v) is 19.3. The minimum atomic E-state index is 0.627. The number of benzene rings is 9. The molecule has 11 rings (SSSR count). The molecular weight excluding hydrogens is 689 g/mol. The number of para-hydroxylation sites is 1. The first-order chi connectivity index (χ1) is 27.2. The van der Waals surface area contributed by atoms with Gasteiger partial charge in [0.25, 0.3) is 0 Å². The van der Waals surface area contributed by atoms with Crippen LogP contribution < -0.4 is 4.90 Å². The predicted octanol–water partition coefficient (Wildman–Crippen LogP) is 15.0. The fourth-order valence-corrected chi connectivity index (χ4v) is 9.09. The maximum atomic E-state index is 6.60. The van der Waals surface area contributed by atoms with Gasteiger partial charge in [-0.15, -0.1) is 11.3 Å². The first-order valence-electron chi connectivity index (χ1n) is 18.5. The van der Waals surface area contributed by atoms with Crippen molar-refractivity contribution in [3.8, 4) is 33.7 Å². The molecule has 0 saturated heterocycles. The van der Waals surface area contributed by atoms with Gasteiger partial charge in [-0.1, -0.05) is 133 Å². The van der Waals surface area contributed by atoms with Crippen LogP contribution in [0.2, 0.25) is 0 Å². The van der Waals surface area contributed by atoms with Crippen LogP contribution in [0, 0.1) is 0 Å². The van der Waals surface area contributed by atoms with Gasteiger partial charge in [-0.25, -0.2) is 4.98 Å². The molecule has 258 valence electrons. The largest absolute Gasteiger partial charge is 0.435 e. The van der Waals surface area contributed by atoms with Crippen molar-refractivity contribution in [3.63, 3.8) is 0 Å². The van der Waals surface area contributed by atoms with Crippen LogP contribution in [-0.2, 0) is 0 Å². The van der Waals surface area contributed by atoms with E-state index in [4.69, 9.17) is 9.40 Å². The molecule has 0 aliphatic rings. The summed E-state index contributed by atoms with van der Waals surface area (Å²) in [7, 11) is 0. The maximum Gasteiger partial charge on any atom is 0.227 e. The van der Waals surface area contributed by atoms with Crippen LogP contribution in [0.1, 0.15) is 0 Å². The minimum Gasteiger partial charge on any atom is -0.435 e. The molecule has 0 amide bonds. The van der Waals surface area contributed by atoms with Crippen molar-refractivity contribution in [2.45, 2.75) is 0 Å². The molecule has 0 N–H and O–H groups in total. The number of anilines is 3. The fraction of sp³-hybridized carbons (Fsp3) is 0. The van der Waals surface area contributed by atoms with E-state index in [1.165, 1.54) is 25.6 Å². The fourth-order valence-electron chi connectivity index (χ4n) is 7.95. The average Bonchev–Trinajstić information content (AvgIpc) is 3.86. The molecule has 3 nitrogen and oxygen atoms in total. The zero-order valence-electron chi connectivity index (χ0n) is 29.7. The number of hydrogen-bond acceptors (Lipinski definition) is 4. The molecule has 4 heteroatoms. The second-order valence-electron chi connectivity index (χ2n) is 14.0. The van der Waals surface area contributed by atoms with Gasteiger partial charge in [0.05, 0.1) is 5.69 Å². The molecule has 0 unspecified atom stereocenters. The minimum absolute atomic E-state index is 0.627. The highest BCUT2D eigenvalue weighted by atomic mass is 32.1. The summed E-state index contributed by atoms with van der Waals surface area (Å²) in [4.78, 5) is 7.36. The Morgan fingerprint density at radius 3 is 2.00 bits per heavy atom. The number of aromatic nitrogens is 1. The Morgan fingerprint density at radius 2 is 1.11 bits per heavy atom. The SMILES string of the molecule is c1ccc(-c2ccc(-c3ccc4ccc5nc(-c6ccc7ccccc7c6)oc5c4c3)cc2N(c2ccccc2)c2ccc3c(c2)sc2ccccc23)cc1. The lowest BCUT2D eigenvalue weighted by Gasteiger charge is -2.28. The molecule has 55 heavy (non-hydrogen) atoms. The molecule has 0 aliphatic carbocycles. The molecule has 0 spiro atoms. The summed E-state index contributed by atoms with van der Waals surface area (Å²) in [5.74, 6) is 0.627. The van der Waals surface area contributed by atoms with Crippen molar-refractivity contribution >= 4 is 81.2 Å². The van der Waals surface area contributed by atoms with Gasteiger partial charge in [-0.3, -0.25) is 0 Å². The number of hydrogen-bond donors (Lipinski definition) is 0. The summed E-state index contributed by atoms with van der Waals surface area (Å²) in [6, 6.07) is 69.4. The first kappa shape index (κ1) is 31.5. The highest BCUT2D eigenvalue weighted by molar-refractivity contribution is 7.25. The topological polar surface area (TPSA) is 29.3 Å². The van der Waals surface area contributed by atoms with Crippen LogP contribution in [0.25, 0.3) is 86.5 Å². The van der Waals surface area contributed by atoms with Crippen molar-refractivity contribution in [2.75, 3.05) is 4.90 Å². The van der Waals surface area contributed by atoms with Gasteiger partial charge in [-0.05, 0) is 93.5 Å². The van der Waals surface area contributed by atoms with Crippen LogP contribution in [-0.4, -0.2) is 4.98 Å². The summed E-state index contributed by atoms with van der Waals surface area (Å²) in [6.07, 6.45) is 0. The Balaban J connectivity index is 1.09. The van der Waals surface area contributed by atoms with Crippen molar-refractivity contribution in [1.29, 1.82) is 0 Å². The Kier molecular flexibility index (Phi) is 7.35. The van der Waals surface area contributed by atoms with E-state index in [1.807, 2.05) is 11.3 Å². The third-order valence-electron chi connectivity index (χ3n) is 10.7. The molecule has 2 aromatic heterocycles. The molecule has 0 fully saturated rings. The van der Waals surface area contributed by atoms with E-state index in [0.29, 0.717) is 5.89 Å². The summed E-state index contributed by atoms with van der Waals surface area (Å²) in [6.45, 7) is 0. The third-order valence-corrected chi connectivity index (χ3v) is 11.8. The van der Waals surface area contributed by atoms with Crippen LogP contribution >= 0.6 is 11.3 Å². The van der Waals surface area contributed by atoms with Crippen molar-refractivity contribution < 1.29 is 4.42 Å². The van der Waals surface area contributed by atoms with Gasteiger partial charge in [0.15, 0.2) is 5.58 Å². The summed E-state index contributed by atoms with van der Waals surface area (Å²) in [5, 5.41) is 7.10. The zero-order valence-corrected chi connectivity index (χ0v) is 30.5. The summed E-state index contributed by atoms with van der Waals surface area (Å²) in [5.41, 5.74) is 10.5. The number of thiophene rings is 1. The van der Waals surface area contributed by atoms with E-state index in [9.17, 15) is 0 Å². The van der Waals surface area contributed by atoms with Crippen molar-refractivity contribution in [2.24, 2.45) is 0 Å².